The molecule has 1 saturated heterocycles. The number of aryl methyl sites for hydroxylation is 2. The van der Waals surface area contributed by atoms with Crippen LogP contribution in [0.2, 0.25) is 0 Å². The molecule has 16 heavy (non-hydrogen) atoms. The lowest BCUT2D eigenvalue weighted by Gasteiger charge is -2.15. The summed E-state index contributed by atoms with van der Waals surface area (Å²) in [5.41, 5.74) is 2.32. The first-order chi connectivity index (χ1) is 7.58. The predicted octanol–water partition coefficient (Wildman–Crippen LogP) is 0.542. The molecule has 1 fully saturated rings. The number of aliphatic hydroxyl groups excluding tert-OH is 1. The smallest absolute Gasteiger partial charge is 0.252 e. The van der Waals surface area contributed by atoms with Gasteiger partial charge in [0.15, 0.2) is 12.2 Å². The van der Waals surface area contributed by atoms with E-state index in [0.717, 1.165) is 5.56 Å². The number of nitrogens with one attached hydrogen (secondary N) is 1. The molecule has 1 aliphatic rings. The Morgan fingerprint density at radius 1 is 1.38 bits per heavy atom. The molecule has 1 amide bonds. The molecule has 1 heterocycles. The van der Waals surface area contributed by atoms with Gasteiger partial charge in [0.05, 0.1) is 6.54 Å². The van der Waals surface area contributed by atoms with Crippen LogP contribution in [0.3, 0.4) is 0 Å². The molecule has 4 nitrogen and oxygen atoms in total. The van der Waals surface area contributed by atoms with Crippen molar-refractivity contribution in [1.82, 2.24) is 5.32 Å². The molecule has 0 radical (unpaired) electrons. The minimum atomic E-state index is -1.07. The molecule has 0 unspecified atom stereocenters. The number of hydrogen-bond donors (Lipinski definition) is 2. The third-order valence-electron chi connectivity index (χ3n) is 2.86. The molecule has 2 rings (SSSR count). The third-order valence-corrected chi connectivity index (χ3v) is 2.86. The zero-order valence-corrected chi connectivity index (χ0v) is 9.36. The van der Waals surface area contributed by atoms with Crippen LogP contribution in [0.1, 0.15) is 11.1 Å². The van der Waals surface area contributed by atoms with E-state index in [1.165, 1.54) is 5.56 Å². The molecule has 2 N–H and O–H groups in total. The van der Waals surface area contributed by atoms with E-state index >= 15 is 0 Å². The number of aliphatic hydroxyl groups is 1. The van der Waals surface area contributed by atoms with Gasteiger partial charge in [0.2, 0.25) is 0 Å². The lowest BCUT2D eigenvalue weighted by atomic mass is 10.1. The summed E-state index contributed by atoms with van der Waals surface area (Å²) in [5, 5.41) is 12.1. The van der Waals surface area contributed by atoms with Crippen LogP contribution in [0.4, 0.5) is 0 Å². The van der Waals surface area contributed by atoms with E-state index < -0.39 is 12.2 Å². The van der Waals surface area contributed by atoms with Crippen molar-refractivity contribution < 1.29 is 14.6 Å². The summed E-state index contributed by atoms with van der Waals surface area (Å²) in [4.78, 5) is 11.1. The van der Waals surface area contributed by atoms with Crippen molar-refractivity contribution in [2.75, 3.05) is 6.54 Å². The Kier molecular flexibility index (Phi) is 2.83. The second kappa shape index (κ2) is 4.14. The minimum absolute atomic E-state index is 0.354. The number of carbonyl (C=O) groups is 1. The molecule has 1 aliphatic heterocycles. The number of ether oxygens (including phenoxy) is 1. The van der Waals surface area contributed by atoms with E-state index in [4.69, 9.17) is 4.74 Å². The van der Waals surface area contributed by atoms with Crippen molar-refractivity contribution in [2.24, 2.45) is 0 Å². The molecular formula is C12H15NO3. The summed E-state index contributed by atoms with van der Waals surface area (Å²) in [7, 11) is 0. The van der Waals surface area contributed by atoms with Gasteiger partial charge in [-0.15, -0.1) is 0 Å². The normalized spacial score (nSPS) is 24.3. The Morgan fingerprint density at radius 2 is 2.12 bits per heavy atom. The lowest BCUT2D eigenvalue weighted by molar-refractivity contribution is -0.127. The van der Waals surface area contributed by atoms with Crippen molar-refractivity contribution in [3.05, 3.63) is 29.3 Å². The zero-order valence-electron chi connectivity index (χ0n) is 9.36. The minimum Gasteiger partial charge on any atom is -0.485 e. The van der Waals surface area contributed by atoms with E-state index in [2.05, 4.69) is 5.32 Å². The summed E-state index contributed by atoms with van der Waals surface area (Å²) < 4.78 is 5.56. The van der Waals surface area contributed by atoms with E-state index in [1.807, 2.05) is 32.0 Å². The van der Waals surface area contributed by atoms with Crippen LogP contribution in [0.25, 0.3) is 0 Å². The van der Waals surface area contributed by atoms with Gasteiger partial charge >= 0.3 is 0 Å². The largest absolute Gasteiger partial charge is 0.485 e. The Labute approximate surface area is 94.2 Å². The second-order valence-electron chi connectivity index (χ2n) is 4.09. The zero-order chi connectivity index (χ0) is 11.7. The van der Waals surface area contributed by atoms with Crippen molar-refractivity contribution in [1.29, 1.82) is 0 Å². The van der Waals surface area contributed by atoms with Crippen molar-refractivity contribution in [3.63, 3.8) is 0 Å². The lowest BCUT2D eigenvalue weighted by Crippen LogP contribution is -2.32. The molecule has 86 valence electrons. The van der Waals surface area contributed by atoms with Crippen LogP contribution in [0.15, 0.2) is 18.2 Å². The number of amides is 1. The van der Waals surface area contributed by atoms with Gasteiger partial charge in [0.1, 0.15) is 5.75 Å². The Morgan fingerprint density at radius 3 is 2.69 bits per heavy atom. The maximum absolute atomic E-state index is 11.1. The van der Waals surface area contributed by atoms with Gasteiger partial charge in [-0.25, -0.2) is 0 Å². The first kappa shape index (κ1) is 11.0. The fourth-order valence-corrected chi connectivity index (χ4v) is 1.65. The van der Waals surface area contributed by atoms with Crippen LogP contribution in [0, 0.1) is 13.8 Å². The van der Waals surface area contributed by atoms with Crippen LogP contribution in [0.5, 0.6) is 5.75 Å². The van der Waals surface area contributed by atoms with Gasteiger partial charge in [-0.05, 0) is 37.1 Å². The van der Waals surface area contributed by atoms with Crippen LogP contribution in [-0.4, -0.2) is 29.8 Å². The highest BCUT2D eigenvalue weighted by Gasteiger charge is 2.34. The molecule has 0 bridgehead atoms. The SMILES string of the molecule is Cc1ccc(O[C@@H]2CNC(=O)[C@H]2O)cc1C. The number of hydrogen-bond acceptors (Lipinski definition) is 3. The van der Waals surface area contributed by atoms with Gasteiger partial charge in [-0.3, -0.25) is 4.79 Å². The van der Waals surface area contributed by atoms with Gasteiger partial charge in [-0.2, -0.15) is 0 Å². The number of rotatable bonds is 2. The van der Waals surface area contributed by atoms with E-state index in [-0.39, 0.29) is 5.91 Å². The summed E-state index contributed by atoms with van der Waals surface area (Å²) in [5.74, 6) is 0.317. The van der Waals surface area contributed by atoms with Gasteiger partial charge < -0.3 is 15.2 Å². The maximum Gasteiger partial charge on any atom is 0.252 e. The van der Waals surface area contributed by atoms with E-state index in [0.29, 0.717) is 12.3 Å². The Hall–Kier alpha value is -1.55. The standard InChI is InChI=1S/C12H15NO3/c1-7-3-4-9(5-8(7)2)16-10-6-13-12(15)11(10)14/h3-5,10-11,14H,6H2,1-2H3,(H,13,15)/t10-,11+/m1/s1. The summed E-state index contributed by atoms with van der Waals surface area (Å²) in [6, 6.07) is 5.71. The quantitative estimate of drug-likeness (QED) is 0.766. The molecule has 0 aromatic heterocycles. The predicted molar refractivity (Wildman–Crippen MR) is 59.3 cm³/mol. The van der Waals surface area contributed by atoms with Crippen molar-refractivity contribution >= 4 is 5.91 Å². The highest BCUT2D eigenvalue weighted by atomic mass is 16.5. The van der Waals surface area contributed by atoms with E-state index in [9.17, 15) is 9.90 Å². The topological polar surface area (TPSA) is 58.6 Å². The molecule has 1 aromatic carbocycles. The third kappa shape index (κ3) is 2.02. The highest BCUT2D eigenvalue weighted by Crippen LogP contribution is 2.19. The first-order valence-electron chi connectivity index (χ1n) is 5.27. The first-order valence-corrected chi connectivity index (χ1v) is 5.27. The molecule has 0 aliphatic carbocycles. The van der Waals surface area contributed by atoms with Crippen molar-refractivity contribution in [3.8, 4) is 5.75 Å². The number of benzene rings is 1. The van der Waals surface area contributed by atoms with Gasteiger partial charge in [0, 0.05) is 0 Å². The molecule has 4 heteroatoms. The number of carbonyl (C=O) groups excluding carboxylic acids is 1. The Balaban J connectivity index is 2.09. The molecule has 0 spiro atoms. The highest BCUT2D eigenvalue weighted by molar-refractivity contribution is 5.83. The summed E-state index contributed by atoms with van der Waals surface area (Å²) >= 11 is 0. The van der Waals surface area contributed by atoms with Gasteiger partial charge in [0.25, 0.3) is 5.91 Å². The second-order valence-corrected chi connectivity index (χ2v) is 4.09. The average Bonchev–Trinajstić information content (AvgIpc) is 2.55. The van der Waals surface area contributed by atoms with Crippen molar-refractivity contribution in [2.45, 2.75) is 26.1 Å². The van der Waals surface area contributed by atoms with Crippen LogP contribution >= 0.6 is 0 Å². The summed E-state index contributed by atoms with van der Waals surface area (Å²) in [6.07, 6.45) is -1.56. The van der Waals surface area contributed by atoms with Crippen LogP contribution < -0.4 is 10.1 Å². The monoisotopic (exact) mass is 221 g/mol. The maximum atomic E-state index is 11.1. The molecular weight excluding hydrogens is 206 g/mol. The molecule has 2 atom stereocenters. The van der Waals surface area contributed by atoms with Gasteiger partial charge in [-0.1, -0.05) is 6.07 Å². The van der Waals surface area contributed by atoms with E-state index in [1.54, 1.807) is 0 Å². The van der Waals surface area contributed by atoms with Crippen LogP contribution in [-0.2, 0) is 4.79 Å². The average molecular weight is 221 g/mol. The fourth-order valence-electron chi connectivity index (χ4n) is 1.65. The molecule has 1 aromatic rings. The molecule has 0 saturated carbocycles. The summed E-state index contributed by atoms with van der Waals surface area (Å²) in [6.45, 7) is 4.37. The Bertz CT molecular complexity index is 417. The fraction of sp³-hybridized carbons (Fsp3) is 0.417.